The molecule has 1 aromatic carbocycles. The highest BCUT2D eigenvalue weighted by atomic mass is 16.5. The van der Waals surface area contributed by atoms with Crippen molar-refractivity contribution < 1.29 is 14.6 Å². The first-order valence-corrected chi connectivity index (χ1v) is 6.24. The first-order valence-electron chi connectivity index (χ1n) is 6.24. The van der Waals surface area contributed by atoms with E-state index in [1.807, 2.05) is 25.1 Å². The molecule has 96 valence electrons. The summed E-state index contributed by atoms with van der Waals surface area (Å²) in [4.78, 5) is 0. The molecule has 1 N–H and O–H groups in total. The van der Waals surface area contributed by atoms with Crippen molar-refractivity contribution in [1.29, 1.82) is 0 Å². The van der Waals surface area contributed by atoms with E-state index in [0.717, 1.165) is 36.3 Å². The van der Waals surface area contributed by atoms with Gasteiger partial charge in [0.05, 0.1) is 6.10 Å². The zero-order chi connectivity index (χ0) is 12.8. The fourth-order valence-corrected chi connectivity index (χ4v) is 1.99. The van der Waals surface area contributed by atoms with Crippen molar-refractivity contribution in [3.05, 3.63) is 29.3 Å². The van der Waals surface area contributed by atoms with E-state index in [1.54, 1.807) is 0 Å². The predicted molar refractivity (Wildman–Crippen MR) is 69.6 cm³/mol. The highest BCUT2D eigenvalue weighted by Crippen LogP contribution is 2.20. The van der Waals surface area contributed by atoms with Gasteiger partial charge in [-0.2, -0.15) is 0 Å². The lowest BCUT2D eigenvalue weighted by Gasteiger charge is -2.13. The minimum Gasteiger partial charge on any atom is -0.491 e. The molecule has 1 heterocycles. The van der Waals surface area contributed by atoms with Crippen molar-refractivity contribution in [2.24, 2.45) is 0 Å². The second-order valence-corrected chi connectivity index (χ2v) is 4.39. The van der Waals surface area contributed by atoms with Gasteiger partial charge in [-0.3, -0.25) is 0 Å². The Kier molecular flexibility index (Phi) is 4.63. The second kappa shape index (κ2) is 6.44. The smallest absolute Gasteiger partial charge is 0.122 e. The maximum Gasteiger partial charge on any atom is 0.122 e. The van der Waals surface area contributed by atoms with E-state index < -0.39 is 0 Å². The monoisotopic (exact) mass is 246 g/mol. The van der Waals surface area contributed by atoms with E-state index in [2.05, 4.69) is 11.8 Å². The third-order valence-corrected chi connectivity index (χ3v) is 2.94. The normalized spacial score (nSPS) is 18.2. The number of hydrogen-bond donors (Lipinski definition) is 1. The molecular weight excluding hydrogens is 228 g/mol. The Hall–Kier alpha value is -1.50. The average molecular weight is 246 g/mol. The third kappa shape index (κ3) is 3.49. The minimum absolute atomic E-state index is 0.115. The number of hydrogen-bond acceptors (Lipinski definition) is 3. The molecular formula is C15H18O3. The first kappa shape index (κ1) is 12.9. The number of rotatable bonds is 3. The summed E-state index contributed by atoms with van der Waals surface area (Å²) >= 11 is 0. The highest BCUT2D eigenvalue weighted by molar-refractivity contribution is 5.43. The number of benzene rings is 1. The van der Waals surface area contributed by atoms with Gasteiger partial charge in [-0.15, -0.1) is 0 Å². The molecule has 0 radical (unpaired) electrons. The van der Waals surface area contributed by atoms with Crippen molar-refractivity contribution in [1.82, 2.24) is 0 Å². The summed E-state index contributed by atoms with van der Waals surface area (Å²) < 4.78 is 11.3. The number of ether oxygens (including phenoxy) is 2. The molecule has 0 aliphatic carbocycles. The van der Waals surface area contributed by atoms with Gasteiger partial charge >= 0.3 is 0 Å². The van der Waals surface area contributed by atoms with Crippen LogP contribution in [0.25, 0.3) is 0 Å². The molecule has 0 spiro atoms. The van der Waals surface area contributed by atoms with E-state index in [1.165, 1.54) is 0 Å². The molecule has 1 atom stereocenters. The number of aryl methyl sites for hydroxylation is 1. The van der Waals surface area contributed by atoms with Crippen LogP contribution in [0.5, 0.6) is 5.75 Å². The maximum atomic E-state index is 8.64. The van der Waals surface area contributed by atoms with Crippen LogP contribution >= 0.6 is 0 Å². The molecule has 3 nitrogen and oxygen atoms in total. The molecule has 0 saturated carbocycles. The van der Waals surface area contributed by atoms with Crippen LogP contribution in [0.15, 0.2) is 18.2 Å². The van der Waals surface area contributed by atoms with Gasteiger partial charge in [0.1, 0.15) is 19.0 Å². The summed E-state index contributed by atoms with van der Waals surface area (Å²) in [7, 11) is 0. The number of aliphatic hydroxyl groups is 1. The topological polar surface area (TPSA) is 38.7 Å². The maximum absolute atomic E-state index is 8.64. The molecule has 1 fully saturated rings. The van der Waals surface area contributed by atoms with Crippen LogP contribution in [0.3, 0.4) is 0 Å². The lowest BCUT2D eigenvalue weighted by atomic mass is 10.1. The van der Waals surface area contributed by atoms with Crippen molar-refractivity contribution in [3.63, 3.8) is 0 Å². The summed E-state index contributed by atoms with van der Waals surface area (Å²) in [5, 5.41) is 8.64. The van der Waals surface area contributed by atoms with Crippen LogP contribution < -0.4 is 4.74 Å². The second-order valence-electron chi connectivity index (χ2n) is 4.39. The molecule has 0 aromatic heterocycles. The summed E-state index contributed by atoms with van der Waals surface area (Å²) in [5.41, 5.74) is 1.95. The van der Waals surface area contributed by atoms with E-state index in [4.69, 9.17) is 14.6 Å². The van der Waals surface area contributed by atoms with Crippen molar-refractivity contribution in [3.8, 4) is 17.6 Å². The molecule has 2 rings (SSSR count). The Morgan fingerprint density at radius 3 is 3.06 bits per heavy atom. The largest absolute Gasteiger partial charge is 0.491 e. The predicted octanol–water partition coefficient (Wildman–Crippen LogP) is 1.90. The fourth-order valence-electron chi connectivity index (χ4n) is 1.99. The summed E-state index contributed by atoms with van der Waals surface area (Å²) in [6.45, 7) is 3.34. The van der Waals surface area contributed by atoms with Gasteiger partial charge in [0.2, 0.25) is 0 Å². The summed E-state index contributed by atoms with van der Waals surface area (Å²) in [5.74, 6) is 6.39. The lowest BCUT2D eigenvalue weighted by molar-refractivity contribution is 0.0677. The third-order valence-electron chi connectivity index (χ3n) is 2.94. The van der Waals surface area contributed by atoms with Crippen LogP contribution in [-0.4, -0.2) is 31.0 Å². The van der Waals surface area contributed by atoms with Gasteiger partial charge in [-0.1, -0.05) is 11.8 Å². The zero-order valence-corrected chi connectivity index (χ0v) is 10.6. The Morgan fingerprint density at radius 1 is 1.50 bits per heavy atom. The molecule has 1 aliphatic rings. The van der Waals surface area contributed by atoms with E-state index in [-0.39, 0.29) is 12.7 Å². The van der Waals surface area contributed by atoms with Gasteiger partial charge in [0.25, 0.3) is 0 Å². The van der Waals surface area contributed by atoms with Gasteiger partial charge in [-0.05, 0) is 43.5 Å². The number of aliphatic hydroxyl groups excluding tert-OH is 1. The van der Waals surface area contributed by atoms with Gasteiger partial charge < -0.3 is 14.6 Å². The Balaban J connectivity index is 1.96. The lowest BCUT2D eigenvalue weighted by Crippen LogP contribution is -2.16. The van der Waals surface area contributed by atoms with Gasteiger partial charge in [0.15, 0.2) is 0 Å². The van der Waals surface area contributed by atoms with E-state index in [0.29, 0.717) is 6.61 Å². The van der Waals surface area contributed by atoms with Crippen LogP contribution in [-0.2, 0) is 4.74 Å². The van der Waals surface area contributed by atoms with Crippen LogP contribution in [0.2, 0.25) is 0 Å². The average Bonchev–Trinajstić information content (AvgIpc) is 2.88. The first-order chi connectivity index (χ1) is 8.79. The fraction of sp³-hybridized carbons (Fsp3) is 0.467. The standard InChI is InChI=1S/C15H18O3/c1-12-10-13(4-2-8-16)6-7-15(12)18-11-14-5-3-9-17-14/h6-7,10,14,16H,3,5,8-9,11H2,1H3. The molecule has 18 heavy (non-hydrogen) atoms. The molecule has 1 saturated heterocycles. The molecule has 0 bridgehead atoms. The van der Waals surface area contributed by atoms with E-state index >= 15 is 0 Å². The quantitative estimate of drug-likeness (QED) is 0.828. The Morgan fingerprint density at radius 2 is 2.39 bits per heavy atom. The van der Waals surface area contributed by atoms with Gasteiger partial charge in [-0.25, -0.2) is 0 Å². The van der Waals surface area contributed by atoms with Crippen LogP contribution in [0, 0.1) is 18.8 Å². The molecule has 1 aliphatic heterocycles. The molecule has 3 heteroatoms. The molecule has 1 aromatic rings. The highest BCUT2D eigenvalue weighted by Gasteiger charge is 2.16. The SMILES string of the molecule is Cc1cc(C#CCO)ccc1OCC1CCCO1. The molecule has 1 unspecified atom stereocenters. The van der Waals surface area contributed by atoms with Crippen LogP contribution in [0.4, 0.5) is 0 Å². The van der Waals surface area contributed by atoms with Crippen molar-refractivity contribution >= 4 is 0 Å². The van der Waals surface area contributed by atoms with Crippen molar-refractivity contribution in [2.75, 3.05) is 19.8 Å². The summed E-state index contributed by atoms with van der Waals surface area (Å²) in [6.07, 6.45) is 2.44. The van der Waals surface area contributed by atoms with E-state index in [9.17, 15) is 0 Å². The summed E-state index contributed by atoms with van der Waals surface area (Å²) in [6, 6.07) is 5.79. The van der Waals surface area contributed by atoms with Gasteiger partial charge in [0, 0.05) is 12.2 Å². The Labute approximate surface area is 108 Å². The minimum atomic E-state index is -0.115. The Bertz CT molecular complexity index is 451. The zero-order valence-electron chi connectivity index (χ0n) is 10.6. The van der Waals surface area contributed by atoms with Crippen molar-refractivity contribution in [2.45, 2.75) is 25.9 Å². The van der Waals surface area contributed by atoms with Crippen LogP contribution in [0.1, 0.15) is 24.0 Å². The molecule has 0 amide bonds.